The Hall–Kier alpha value is 0.340. The Morgan fingerprint density at radius 1 is 1.45 bits per heavy atom. The van der Waals surface area contributed by atoms with Crippen LogP contribution in [0.3, 0.4) is 0 Å². The van der Waals surface area contributed by atoms with Crippen LogP contribution in [0.2, 0.25) is 0 Å². The molecule has 0 aliphatic heterocycles. The summed E-state index contributed by atoms with van der Waals surface area (Å²) in [5.41, 5.74) is -0.648. The molecule has 2 aliphatic carbocycles. The fourth-order valence-corrected chi connectivity index (χ4v) is 3.71. The molecular formula is C8H11BrF2. The zero-order valence-electron chi connectivity index (χ0n) is 6.19. The Morgan fingerprint density at radius 3 is 2.45 bits per heavy atom. The van der Waals surface area contributed by atoms with Gasteiger partial charge in [-0.2, -0.15) is 0 Å². The molecule has 0 aromatic heterocycles. The Bertz CT molecular complexity index is 171. The number of fused-ring (bicyclic) bond motifs is 2. The molecule has 0 heterocycles. The minimum atomic E-state index is -2.13. The largest absolute Gasteiger partial charge is 0.245 e. The van der Waals surface area contributed by atoms with Crippen molar-refractivity contribution in [3.05, 3.63) is 0 Å². The summed E-state index contributed by atoms with van der Waals surface area (Å²) in [4.78, 5) is 0.0775. The van der Waals surface area contributed by atoms with Crippen LogP contribution >= 0.6 is 15.9 Å². The van der Waals surface area contributed by atoms with Gasteiger partial charge < -0.3 is 0 Å². The molecule has 0 N–H and O–H groups in total. The highest BCUT2D eigenvalue weighted by molar-refractivity contribution is 9.09. The molecule has 2 fully saturated rings. The topological polar surface area (TPSA) is 0 Å². The second kappa shape index (κ2) is 2.41. The van der Waals surface area contributed by atoms with Crippen LogP contribution in [-0.2, 0) is 0 Å². The van der Waals surface area contributed by atoms with Crippen molar-refractivity contribution in [3.63, 3.8) is 0 Å². The Balaban J connectivity index is 2.22. The number of hydrogen-bond acceptors (Lipinski definition) is 0. The lowest BCUT2D eigenvalue weighted by Gasteiger charge is -2.30. The second-order valence-corrected chi connectivity index (χ2v) is 4.95. The van der Waals surface area contributed by atoms with E-state index in [9.17, 15) is 8.78 Å². The molecule has 0 aromatic carbocycles. The molecular weight excluding hydrogens is 214 g/mol. The standard InChI is InChI=1S/C8H11BrF2/c9-6-3-5-1-2-8(6,4-5)7(10)11/h5-7H,1-4H2. The van der Waals surface area contributed by atoms with Gasteiger partial charge in [-0.05, 0) is 31.6 Å². The Morgan fingerprint density at radius 2 is 2.18 bits per heavy atom. The van der Waals surface area contributed by atoms with E-state index in [1.807, 2.05) is 0 Å². The molecule has 3 unspecified atom stereocenters. The van der Waals surface area contributed by atoms with Crippen molar-refractivity contribution in [2.45, 2.75) is 36.9 Å². The highest BCUT2D eigenvalue weighted by atomic mass is 79.9. The third-order valence-electron chi connectivity index (χ3n) is 3.29. The molecule has 64 valence electrons. The van der Waals surface area contributed by atoms with Crippen molar-refractivity contribution in [3.8, 4) is 0 Å². The predicted molar refractivity (Wildman–Crippen MR) is 43.1 cm³/mol. The van der Waals surface area contributed by atoms with Crippen molar-refractivity contribution in [2.24, 2.45) is 11.3 Å². The highest BCUT2D eigenvalue weighted by Gasteiger charge is 2.56. The van der Waals surface area contributed by atoms with E-state index in [4.69, 9.17) is 0 Å². The van der Waals surface area contributed by atoms with Crippen LogP contribution in [0.15, 0.2) is 0 Å². The van der Waals surface area contributed by atoms with Crippen molar-refractivity contribution < 1.29 is 8.78 Å². The van der Waals surface area contributed by atoms with Gasteiger partial charge in [-0.25, -0.2) is 8.78 Å². The summed E-state index contributed by atoms with van der Waals surface area (Å²) in [7, 11) is 0. The SMILES string of the molecule is FC(F)C12CCC(CC1Br)C2. The maximum Gasteiger partial charge on any atom is 0.245 e. The molecule has 2 bridgehead atoms. The van der Waals surface area contributed by atoms with Gasteiger partial charge in [0, 0.05) is 10.2 Å². The summed E-state index contributed by atoms with van der Waals surface area (Å²) < 4.78 is 25.3. The molecule has 2 rings (SSSR count). The number of alkyl halides is 3. The molecule has 0 saturated heterocycles. The Kier molecular flexibility index (Phi) is 1.75. The van der Waals surface area contributed by atoms with Crippen LogP contribution in [0.5, 0.6) is 0 Å². The smallest absolute Gasteiger partial charge is 0.210 e. The fraction of sp³-hybridized carbons (Fsp3) is 1.00. The van der Waals surface area contributed by atoms with Gasteiger partial charge in [0.25, 0.3) is 0 Å². The molecule has 0 spiro atoms. The van der Waals surface area contributed by atoms with E-state index in [1.165, 1.54) is 0 Å². The summed E-state index contributed by atoms with van der Waals surface area (Å²) in [6.45, 7) is 0. The fourth-order valence-electron chi connectivity index (χ4n) is 2.56. The van der Waals surface area contributed by atoms with E-state index in [0.717, 1.165) is 25.7 Å². The lowest BCUT2D eigenvalue weighted by molar-refractivity contribution is 0.00678. The number of hydrogen-bond donors (Lipinski definition) is 0. The first-order valence-corrected chi connectivity index (χ1v) is 4.99. The summed E-state index contributed by atoms with van der Waals surface area (Å²) >= 11 is 3.37. The summed E-state index contributed by atoms with van der Waals surface area (Å²) in [6, 6.07) is 0. The van der Waals surface area contributed by atoms with Crippen LogP contribution in [0, 0.1) is 11.3 Å². The number of halogens is 3. The first kappa shape index (κ1) is 7.96. The normalized spacial score (nSPS) is 49.1. The molecule has 2 saturated carbocycles. The zero-order chi connectivity index (χ0) is 8.06. The van der Waals surface area contributed by atoms with Crippen molar-refractivity contribution in [1.29, 1.82) is 0 Å². The monoisotopic (exact) mass is 224 g/mol. The molecule has 3 heteroatoms. The van der Waals surface area contributed by atoms with Crippen LogP contribution in [0.1, 0.15) is 25.7 Å². The minimum Gasteiger partial charge on any atom is -0.210 e. The first-order valence-electron chi connectivity index (χ1n) is 4.07. The predicted octanol–water partition coefficient (Wildman–Crippen LogP) is 3.21. The third kappa shape index (κ3) is 0.962. The van der Waals surface area contributed by atoms with Crippen LogP contribution in [-0.4, -0.2) is 11.3 Å². The van der Waals surface area contributed by atoms with Gasteiger partial charge >= 0.3 is 0 Å². The van der Waals surface area contributed by atoms with Gasteiger partial charge in [0.15, 0.2) is 0 Å². The maximum atomic E-state index is 12.6. The molecule has 0 nitrogen and oxygen atoms in total. The quantitative estimate of drug-likeness (QED) is 0.601. The van der Waals surface area contributed by atoms with Crippen molar-refractivity contribution in [2.75, 3.05) is 0 Å². The van der Waals surface area contributed by atoms with Crippen LogP contribution < -0.4 is 0 Å². The highest BCUT2D eigenvalue weighted by Crippen LogP contribution is 2.59. The van der Waals surface area contributed by atoms with E-state index in [1.54, 1.807) is 0 Å². The van der Waals surface area contributed by atoms with E-state index in [2.05, 4.69) is 15.9 Å². The van der Waals surface area contributed by atoms with E-state index in [-0.39, 0.29) is 4.83 Å². The van der Waals surface area contributed by atoms with Crippen LogP contribution in [0.25, 0.3) is 0 Å². The second-order valence-electron chi connectivity index (χ2n) is 3.85. The van der Waals surface area contributed by atoms with Gasteiger partial charge in [0.05, 0.1) is 0 Å². The van der Waals surface area contributed by atoms with Crippen LogP contribution in [0.4, 0.5) is 8.78 Å². The molecule has 0 amide bonds. The zero-order valence-corrected chi connectivity index (χ0v) is 7.78. The average molecular weight is 225 g/mol. The maximum absolute atomic E-state index is 12.6. The van der Waals surface area contributed by atoms with Gasteiger partial charge in [-0.1, -0.05) is 15.9 Å². The van der Waals surface area contributed by atoms with E-state index >= 15 is 0 Å². The lowest BCUT2D eigenvalue weighted by Crippen LogP contribution is -2.33. The van der Waals surface area contributed by atoms with Crippen molar-refractivity contribution in [1.82, 2.24) is 0 Å². The lowest BCUT2D eigenvalue weighted by atomic mass is 9.85. The average Bonchev–Trinajstić information content (AvgIpc) is 2.43. The summed E-state index contributed by atoms with van der Waals surface area (Å²) in [6.07, 6.45) is 1.34. The minimum absolute atomic E-state index is 0.0775. The van der Waals surface area contributed by atoms with E-state index in [0.29, 0.717) is 5.92 Å². The first-order chi connectivity index (χ1) is 5.15. The molecule has 11 heavy (non-hydrogen) atoms. The molecule has 0 radical (unpaired) electrons. The molecule has 0 aromatic rings. The van der Waals surface area contributed by atoms with Gasteiger partial charge in [0.1, 0.15) is 0 Å². The molecule has 3 atom stereocenters. The van der Waals surface area contributed by atoms with E-state index < -0.39 is 11.8 Å². The number of rotatable bonds is 1. The van der Waals surface area contributed by atoms with Gasteiger partial charge in [-0.15, -0.1) is 0 Å². The Labute approximate surface area is 73.5 Å². The molecule has 2 aliphatic rings. The summed E-state index contributed by atoms with van der Waals surface area (Å²) in [5, 5.41) is 0. The van der Waals surface area contributed by atoms with Gasteiger partial charge in [0.2, 0.25) is 6.43 Å². The third-order valence-corrected chi connectivity index (χ3v) is 4.57. The van der Waals surface area contributed by atoms with Gasteiger partial charge in [-0.3, -0.25) is 0 Å². The summed E-state index contributed by atoms with van der Waals surface area (Å²) in [5.74, 6) is 0.577. The van der Waals surface area contributed by atoms with Crippen molar-refractivity contribution >= 4 is 15.9 Å².